The number of thiophene rings is 1. The van der Waals surface area contributed by atoms with E-state index in [1.807, 2.05) is 0 Å². The molecule has 0 fully saturated rings. The minimum atomic E-state index is -4.50. The van der Waals surface area contributed by atoms with E-state index in [0.29, 0.717) is 15.6 Å². The number of nitrogens with zero attached hydrogens (tertiary/aromatic N) is 2. The van der Waals surface area contributed by atoms with Crippen molar-refractivity contribution in [1.29, 1.82) is 0 Å². The maximum Gasteiger partial charge on any atom is 0.390 e. The van der Waals surface area contributed by atoms with Gasteiger partial charge < -0.3 is 5.73 Å². The van der Waals surface area contributed by atoms with Gasteiger partial charge in [0, 0.05) is 19.7 Å². The first kappa shape index (κ1) is 16.7. The molecule has 7 nitrogen and oxygen atoms in total. The summed E-state index contributed by atoms with van der Waals surface area (Å²) in [6, 6.07) is 0.736. The monoisotopic (exact) mass is 333 g/mol. The Morgan fingerprint density at radius 1 is 1.50 bits per heavy atom. The molecular formula is C8H10F3N3O4S2. The van der Waals surface area contributed by atoms with Gasteiger partial charge in [-0.15, -0.1) is 0 Å². The third-order valence-corrected chi connectivity index (χ3v) is 5.55. The molecule has 20 heavy (non-hydrogen) atoms. The van der Waals surface area contributed by atoms with Gasteiger partial charge in [0.25, 0.3) is 10.0 Å². The number of nitrogens with two attached hydrogens (primary N) is 1. The Morgan fingerprint density at radius 2 is 2.05 bits per heavy atom. The van der Waals surface area contributed by atoms with Crippen molar-refractivity contribution in [2.75, 3.05) is 19.3 Å². The molecule has 0 amide bonds. The summed E-state index contributed by atoms with van der Waals surface area (Å²) in [5.74, 6) is 0. The highest BCUT2D eigenvalue weighted by atomic mass is 32.2. The third kappa shape index (κ3) is 3.80. The number of nitro groups is 1. The standard InChI is InChI=1S/C8H10F3N3O4S2/c1-13(3-2-8(9,10)11)20(17,18)6-4-5(14(15)16)7(12)19-6/h4H,2-3,12H2,1H3. The maximum atomic E-state index is 12.1. The number of halogens is 3. The van der Waals surface area contributed by atoms with E-state index in [-0.39, 0.29) is 5.00 Å². The summed E-state index contributed by atoms with van der Waals surface area (Å²) in [6.07, 6.45) is -5.81. The van der Waals surface area contributed by atoms with Gasteiger partial charge in [-0.05, 0) is 0 Å². The Morgan fingerprint density at radius 3 is 2.45 bits per heavy atom. The second kappa shape index (κ2) is 5.54. The van der Waals surface area contributed by atoms with E-state index >= 15 is 0 Å². The van der Waals surface area contributed by atoms with Gasteiger partial charge in [0.1, 0.15) is 4.21 Å². The molecule has 1 aromatic rings. The van der Waals surface area contributed by atoms with Crippen LogP contribution in [0.1, 0.15) is 6.42 Å². The molecule has 0 unspecified atom stereocenters. The van der Waals surface area contributed by atoms with Crippen molar-refractivity contribution in [2.45, 2.75) is 16.8 Å². The minimum absolute atomic E-state index is 0.321. The zero-order chi connectivity index (χ0) is 15.7. The highest BCUT2D eigenvalue weighted by Gasteiger charge is 2.32. The molecule has 0 atom stereocenters. The van der Waals surface area contributed by atoms with E-state index in [1.165, 1.54) is 0 Å². The number of rotatable bonds is 5. The van der Waals surface area contributed by atoms with Gasteiger partial charge in [-0.25, -0.2) is 8.42 Å². The summed E-state index contributed by atoms with van der Waals surface area (Å²) < 4.78 is 60.0. The zero-order valence-corrected chi connectivity index (χ0v) is 11.7. The van der Waals surface area contributed by atoms with Crippen LogP contribution in [0.3, 0.4) is 0 Å². The van der Waals surface area contributed by atoms with Gasteiger partial charge in [0.15, 0.2) is 5.00 Å². The van der Waals surface area contributed by atoms with Crippen molar-refractivity contribution in [2.24, 2.45) is 0 Å². The van der Waals surface area contributed by atoms with Gasteiger partial charge in [-0.2, -0.15) is 17.5 Å². The van der Waals surface area contributed by atoms with Gasteiger partial charge in [0.2, 0.25) is 0 Å². The van der Waals surface area contributed by atoms with Crippen LogP contribution in [0.25, 0.3) is 0 Å². The lowest BCUT2D eigenvalue weighted by atomic mass is 10.4. The second-order valence-electron chi connectivity index (χ2n) is 3.76. The van der Waals surface area contributed by atoms with Gasteiger partial charge in [0.05, 0.1) is 11.3 Å². The Kier molecular flexibility index (Phi) is 4.61. The van der Waals surface area contributed by atoms with Crippen molar-refractivity contribution < 1.29 is 26.5 Å². The number of hydrogen-bond donors (Lipinski definition) is 1. The zero-order valence-electron chi connectivity index (χ0n) is 10.0. The fourth-order valence-electron chi connectivity index (χ4n) is 1.20. The average Bonchev–Trinajstić information content (AvgIpc) is 2.67. The fourth-order valence-corrected chi connectivity index (χ4v) is 3.80. The van der Waals surface area contributed by atoms with E-state index in [9.17, 15) is 31.7 Å². The molecule has 1 heterocycles. The highest BCUT2D eigenvalue weighted by Crippen LogP contribution is 2.35. The van der Waals surface area contributed by atoms with Crippen LogP contribution in [0.2, 0.25) is 0 Å². The van der Waals surface area contributed by atoms with Crippen LogP contribution in [-0.4, -0.2) is 37.4 Å². The number of hydrogen-bond acceptors (Lipinski definition) is 6. The molecule has 2 N–H and O–H groups in total. The fraction of sp³-hybridized carbons (Fsp3) is 0.500. The SMILES string of the molecule is CN(CCC(F)(F)F)S(=O)(=O)c1cc([N+](=O)[O-])c(N)s1. The Balaban J connectivity index is 2.99. The number of anilines is 1. The molecule has 0 aromatic carbocycles. The molecule has 0 radical (unpaired) electrons. The summed E-state index contributed by atoms with van der Waals surface area (Å²) >= 11 is 0.437. The lowest BCUT2D eigenvalue weighted by molar-refractivity contribution is -0.383. The summed E-state index contributed by atoms with van der Waals surface area (Å²) in [4.78, 5) is 9.70. The number of nitrogen functional groups attached to an aromatic ring is 1. The minimum Gasteiger partial charge on any atom is -0.385 e. The van der Waals surface area contributed by atoms with E-state index in [0.717, 1.165) is 13.1 Å². The van der Waals surface area contributed by atoms with Crippen molar-refractivity contribution in [3.8, 4) is 0 Å². The molecule has 1 rings (SSSR count). The second-order valence-corrected chi connectivity index (χ2v) is 7.12. The van der Waals surface area contributed by atoms with Crippen LogP contribution in [0, 0.1) is 10.1 Å². The summed E-state index contributed by atoms with van der Waals surface area (Å²) in [6.45, 7) is -0.780. The summed E-state index contributed by atoms with van der Waals surface area (Å²) in [5.41, 5.74) is 4.71. The predicted molar refractivity (Wildman–Crippen MR) is 65.9 cm³/mol. The van der Waals surface area contributed by atoms with E-state index in [1.54, 1.807) is 0 Å². The molecule has 0 aliphatic heterocycles. The summed E-state index contributed by atoms with van der Waals surface area (Å²) in [7, 11) is -3.27. The highest BCUT2D eigenvalue weighted by molar-refractivity contribution is 7.91. The van der Waals surface area contributed by atoms with Crippen LogP contribution in [0.4, 0.5) is 23.9 Å². The molecule has 0 saturated carbocycles. The molecule has 0 spiro atoms. The first-order valence-corrected chi connectivity index (χ1v) is 7.27. The van der Waals surface area contributed by atoms with E-state index in [2.05, 4.69) is 0 Å². The first-order chi connectivity index (χ1) is 8.95. The van der Waals surface area contributed by atoms with Crippen LogP contribution < -0.4 is 5.73 Å². The van der Waals surface area contributed by atoms with Crippen molar-refractivity contribution in [3.05, 3.63) is 16.2 Å². The molecule has 0 bridgehead atoms. The normalized spacial score (nSPS) is 12.8. The molecule has 12 heteroatoms. The van der Waals surface area contributed by atoms with Crippen LogP contribution in [0.15, 0.2) is 10.3 Å². The molecule has 0 aliphatic rings. The number of sulfonamides is 1. The molecule has 0 aliphatic carbocycles. The van der Waals surface area contributed by atoms with Crippen LogP contribution in [-0.2, 0) is 10.0 Å². The van der Waals surface area contributed by atoms with Crippen molar-refractivity contribution >= 4 is 32.0 Å². The molecular weight excluding hydrogens is 323 g/mol. The molecule has 114 valence electrons. The van der Waals surface area contributed by atoms with Gasteiger partial charge >= 0.3 is 11.9 Å². The van der Waals surface area contributed by atoms with Gasteiger partial charge in [-0.3, -0.25) is 10.1 Å². The quantitative estimate of drug-likeness (QED) is 0.653. The third-order valence-electron chi connectivity index (χ3n) is 2.29. The molecule has 1 aromatic heterocycles. The molecule has 0 saturated heterocycles. The van der Waals surface area contributed by atoms with E-state index < -0.39 is 44.0 Å². The Hall–Kier alpha value is -1.40. The predicted octanol–water partition coefficient (Wildman–Crippen LogP) is 1.81. The van der Waals surface area contributed by atoms with E-state index in [4.69, 9.17) is 5.73 Å². The Labute approximate surface area is 116 Å². The van der Waals surface area contributed by atoms with Crippen molar-refractivity contribution in [3.63, 3.8) is 0 Å². The van der Waals surface area contributed by atoms with Crippen molar-refractivity contribution in [1.82, 2.24) is 4.31 Å². The summed E-state index contributed by atoms with van der Waals surface area (Å²) in [5, 5.41) is 10.2. The lowest BCUT2D eigenvalue weighted by Gasteiger charge is -2.16. The Bertz CT molecular complexity index is 611. The first-order valence-electron chi connectivity index (χ1n) is 5.02. The van der Waals surface area contributed by atoms with Gasteiger partial charge in [-0.1, -0.05) is 11.3 Å². The maximum absolute atomic E-state index is 12.1. The van der Waals surface area contributed by atoms with Crippen LogP contribution in [0.5, 0.6) is 0 Å². The van der Waals surface area contributed by atoms with Crippen LogP contribution >= 0.6 is 11.3 Å². The topological polar surface area (TPSA) is 107 Å². The average molecular weight is 333 g/mol. The smallest absolute Gasteiger partial charge is 0.385 e. The lowest BCUT2D eigenvalue weighted by Crippen LogP contribution is -2.30. The largest absolute Gasteiger partial charge is 0.390 e. The number of alkyl halides is 3.